The van der Waals surface area contributed by atoms with Crippen LogP contribution in [0.5, 0.6) is 0 Å². The zero-order chi connectivity index (χ0) is 20.9. The molecule has 0 aliphatic rings. The maximum Gasteiger partial charge on any atom is 0.0503 e. The Morgan fingerprint density at radius 3 is 2.33 bits per heavy atom. The van der Waals surface area contributed by atoms with Crippen LogP contribution in [0.15, 0.2) is 72.8 Å². The van der Waals surface area contributed by atoms with Crippen LogP contribution in [0.1, 0.15) is 50.2 Å². The molecule has 0 aliphatic carbocycles. The zero-order valence-electron chi connectivity index (χ0n) is 18.1. The molecule has 3 N–H and O–H groups in total. The SMILES string of the molecule is CCC(C)c1ccc2[nH]c(-c3ccccc3-c3ccccc3)c(CCCCN)c2c1. The van der Waals surface area contributed by atoms with Gasteiger partial charge in [0.05, 0.1) is 5.69 Å². The Balaban J connectivity index is 1.89. The molecule has 4 rings (SSSR count). The Bertz CT molecular complexity index is 1110. The molecule has 2 nitrogen and oxygen atoms in total. The van der Waals surface area contributed by atoms with E-state index in [0.29, 0.717) is 5.92 Å². The zero-order valence-corrected chi connectivity index (χ0v) is 18.1. The highest BCUT2D eigenvalue weighted by atomic mass is 14.7. The van der Waals surface area contributed by atoms with E-state index in [0.717, 1.165) is 32.2 Å². The smallest absolute Gasteiger partial charge is 0.0503 e. The first-order valence-corrected chi connectivity index (χ1v) is 11.2. The van der Waals surface area contributed by atoms with Crippen LogP contribution in [-0.2, 0) is 6.42 Å². The first kappa shape index (κ1) is 20.4. The van der Waals surface area contributed by atoms with E-state index in [9.17, 15) is 0 Å². The normalized spacial score (nSPS) is 12.4. The molecule has 0 saturated heterocycles. The van der Waals surface area contributed by atoms with Crippen molar-refractivity contribution >= 4 is 10.9 Å². The van der Waals surface area contributed by atoms with E-state index in [1.54, 1.807) is 0 Å². The van der Waals surface area contributed by atoms with E-state index in [1.165, 1.54) is 44.4 Å². The standard InChI is InChI=1S/C28H32N2/c1-3-20(2)22-16-17-27-26(19-22)25(15-9-10-18-29)28(30-27)24-14-8-7-13-23(24)21-11-5-4-6-12-21/h4-8,11-14,16-17,19-20,30H,3,9-10,15,18,29H2,1-2H3. The molecule has 1 heterocycles. The summed E-state index contributed by atoms with van der Waals surface area (Å²) in [6, 6.07) is 26.4. The molecular formula is C28H32N2. The third-order valence-electron chi connectivity index (χ3n) is 6.27. The van der Waals surface area contributed by atoms with Crippen LogP contribution in [0, 0.1) is 0 Å². The van der Waals surface area contributed by atoms with Crippen LogP contribution in [-0.4, -0.2) is 11.5 Å². The quantitative estimate of drug-likeness (QED) is 0.301. The highest BCUT2D eigenvalue weighted by Crippen LogP contribution is 2.38. The van der Waals surface area contributed by atoms with Crippen molar-refractivity contribution in [1.29, 1.82) is 0 Å². The van der Waals surface area contributed by atoms with Crippen molar-refractivity contribution in [1.82, 2.24) is 4.98 Å². The number of hydrogen-bond donors (Lipinski definition) is 2. The van der Waals surface area contributed by atoms with Gasteiger partial charge in [0, 0.05) is 16.5 Å². The predicted octanol–water partition coefficient (Wildman–Crippen LogP) is 7.30. The summed E-state index contributed by atoms with van der Waals surface area (Å²) in [5.74, 6) is 0.571. The lowest BCUT2D eigenvalue weighted by molar-refractivity contribution is 0.734. The van der Waals surface area contributed by atoms with E-state index in [2.05, 4.69) is 91.6 Å². The van der Waals surface area contributed by atoms with Crippen molar-refractivity contribution in [2.24, 2.45) is 5.73 Å². The lowest BCUT2D eigenvalue weighted by Crippen LogP contribution is -1.99. The third kappa shape index (κ3) is 4.06. The maximum atomic E-state index is 5.80. The fraction of sp³-hybridized carbons (Fsp3) is 0.286. The van der Waals surface area contributed by atoms with Gasteiger partial charge < -0.3 is 10.7 Å². The number of hydrogen-bond acceptors (Lipinski definition) is 1. The molecule has 3 aromatic carbocycles. The molecule has 0 bridgehead atoms. The Kier molecular flexibility index (Phi) is 6.35. The summed E-state index contributed by atoms with van der Waals surface area (Å²) < 4.78 is 0. The summed E-state index contributed by atoms with van der Waals surface area (Å²) in [5, 5.41) is 1.36. The summed E-state index contributed by atoms with van der Waals surface area (Å²) >= 11 is 0. The minimum Gasteiger partial charge on any atom is -0.354 e. The summed E-state index contributed by atoms with van der Waals surface area (Å²) in [7, 11) is 0. The molecule has 1 aromatic heterocycles. The van der Waals surface area contributed by atoms with Crippen molar-refractivity contribution in [3.63, 3.8) is 0 Å². The van der Waals surface area contributed by atoms with Crippen molar-refractivity contribution in [2.45, 2.75) is 45.4 Å². The fourth-order valence-corrected chi connectivity index (χ4v) is 4.31. The summed E-state index contributed by atoms with van der Waals surface area (Å²) in [6.07, 6.45) is 4.36. The molecule has 4 aromatic rings. The molecule has 0 saturated carbocycles. The third-order valence-corrected chi connectivity index (χ3v) is 6.27. The van der Waals surface area contributed by atoms with E-state index in [1.807, 2.05) is 0 Å². The van der Waals surface area contributed by atoms with Gasteiger partial charge in [0.15, 0.2) is 0 Å². The van der Waals surface area contributed by atoms with Crippen molar-refractivity contribution in [3.05, 3.63) is 83.9 Å². The van der Waals surface area contributed by atoms with Crippen LogP contribution >= 0.6 is 0 Å². The number of nitrogens with one attached hydrogen (secondary N) is 1. The number of rotatable bonds is 8. The Morgan fingerprint density at radius 1 is 0.867 bits per heavy atom. The van der Waals surface area contributed by atoms with Gasteiger partial charge in [-0.3, -0.25) is 0 Å². The molecule has 0 radical (unpaired) electrons. The monoisotopic (exact) mass is 396 g/mol. The summed E-state index contributed by atoms with van der Waals surface area (Å²) in [4.78, 5) is 3.77. The second kappa shape index (κ2) is 9.32. The summed E-state index contributed by atoms with van der Waals surface area (Å²) in [6.45, 7) is 5.32. The van der Waals surface area contributed by atoms with E-state index in [4.69, 9.17) is 5.73 Å². The molecule has 1 unspecified atom stereocenters. The van der Waals surface area contributed by atoms with Gasteiger partial charge in [-0.15, -0.1) is 0 Å². The molecule has 1 atom stereocenters. The molecule has 30 heavy (non-hydrogen) atoms. The van der Waals surface area contributed by atoms with Crippen LogP contribution in [0.4, 0.5) is 0 Å². The number of benzene rings is 3. The van der Waals surface area contributed by atoms with Crippen LogP contribution in [0.25, 0.3) is 33.3 Å². The largest absolute Gasteiger partial charge is 0.354 e. The minimum atomic E-state index is 0.571. The van der Waals surface area contributed by atoms with Gasteiger partial charge in [-0.05, 0) is 72.5 Å². The first-order valence-electron chi connectivity index (χ1n) is 11.2. The molecule has 0 fully saturated rings. The van der Waals surface area contributed by atoms with Crippen molar-refractivity contribution in [3.8, 4) is 22.4 Å². The lowest BCUT2D eigenvalue weighted by Gasteiger charge is -2.12. The van der Waals surface area contributed by atoms with Gasteiger partial charge in [0.2, 0.25) is 0 Å². The molecular weight excluding hydrogens is 364 g/mol. The van der Waals surface area contributed by atoms with Gasteiger partial charge in [-0.2, -0.15) is 0 Å². The molecule has 0 amide bonds. The Morgan fingerprint density at radius 2 is 1.60 bits per heavy atom. The Labute approximate surface area is 180 Å². The van der Waals surface area contributed by atoms with E-state index >= 15 is 0 Å². The molecule has 154 valence electrons. The second-order valence-electron chi connectivity index (χ2n) is 8.25. The number of fused-ring (bicyclic) bond motifs is 1. The molecule has 0 spiro atoms. The average molecular weight is 397 g/mol. The Hall–Kier alpha value is -2.84. The van der Waals surface area contributed by atoms with Gasteiger partial charge in [0.25, 0.3) is 0 Å². The van der Waals surface area contributed by atoms with Gasteiger partial charge in [-0.25, -0.2) is 0 Å². The number of nitrogens with two attached hydrogens (primary N) is 1. The minimum absolute atomic E-state index is 0.571. The number of aromatic nitrogens is 1. The topological polar surface area (TPSA) is 41.8 Å². The number of H-pyrrole nitrogens is 1. The van der Waals surface area contributed by atoms with Gasteiger partial charge in [0.1, 0.15) is 0 Å². The van der Waals surface area contributed by atoms with Crippen molar-refractivity contribution in [2.75, 3.05) is 6.54 Å². The fourth-order valence-electron chi connectivity index (χ4n) is 4.31. The maximum absolute atomic E-state index is 5.80. The molecule has 0 aliphatic heterocycles. The van der Waals surface area contributed by atoms with Crippen LogP contribution in [0.2, 0.25) is 0 Å². The number of unbranched alkanes of at least 4 members (excludes halogenated alkanes) is 1. The number of aromatic amines is 1. The highest BCUT2D eigenvalue weighted by molar-refractivity contribution is 5.94. The lowest BCUT2D eigenvalue weighted by atomic mass is 9.92. The van der Waals surface area contributed by atoms with Gasteiger partial charge >= 0.3 is 0 Å². The second-order valence-corrected chi connectivity index (χ2v) is 8.25. The highest BCUT2D eigenvalue weighted by Gasteiger charge is 2.17. The van der Waals surface area contributed by atoms with Crippen LogP contribution < -0.4 is 5.73 Å². The van der Waals surface area contributed by atoms with Crippen LogP contribution in [0.3, 0.4) is 0 Å². The number of aryl methyl sites for hydroxylation is 1. The van der Waals surface area contributed by atoms with Crippen molar-refractivity contribution < 1.29 is 0 Å². The summed E-state index contributed by atoms with van der Waals surface area (Å²) in [5.41, 5.74) is 14.9. The predicted molar refractivity (Wildman–Crippen MR) is 130 cm³/mol. The first-order chi connectivity index (χ1) is 14.7. The molecule has 2 heteroatoms. The van der Waals surface area contributed by atoms with E-state index in [-0.39, 0.29) is 0 Å². The van der Waals surface area contributed by atoms with Gasteiger partial charge in [-0.1, -0.05) is 74.5 Å². The van der Waals surface area contributed by atoms with E-state index < -0.39 is 0 Å². The average Bonchev–Trinajstić information content (AvgIpc) is 3.17.